The molecular formula is C21H25N5. The third-order valence-corrected chi connectivity index (χ3v) is 4.97. The topological polar surface area (TPSA) is 46.8 Å². The summed E-state index contributed by atoms with van der Waals surface area (Å²) in [4.78, 5) is 6.44. The van der Waals surface area contributed by atoms with E-state index < -0.39 is 0 Å². The molecule has 26 heavy (non-hydrogen) atoms. The fourth-order valence-electron chi connectivity index (χ4n) is 3.71. The van der Waals surface area contributed by atoms with E-state index >= 15 is 0 Å². The van der Waals surface area contributed by atoms with Crippen LogP contribution in [0.1, 0.15) is 36.4 Å². The maximum Gasteiger partial charge on any atom is 0.231 e. The van der Waals surface area contributed by atoms with Crippen molar-refractivity contribution in [3.8, 4) is 0 Å². The number of anilines is 2. The number of benzene rings is 1. The molecule has 1 aromatic carbocycles. The smallest absolute Gasteiger partial charge is 0.231 e. The van der Waals surface area contributed by atoms with E-state index in [0.717, 1.165) is 37.7 Å². The molecule has 0 spiro atoms. The minimum absolute atomic E-state index is 0.528. The fraction of sp³-hybridized carbons (Fsp3) is 0.381. The molecular weight excluding hydrogens is 322 g/mol. The van der Waals surface area contributed by atoms with Gasteiger partial charge in [0.05, 0.1) is 0 Å². The molecule has 134 valence electrons. The van der Waals surface area contributed by atoms with Crippen LogP contribution in [0.25, 0.3) is 0 Å². The second-order valence-electron chi connectivity index (χ2n) is 7.43. The fourth-order valence-corrected chi connectivity index (χ4v) is 3.71. The molecule has 0 N–H and O–H groups in total. The summed E-state index contributed by atoms with van der Waals surface area (Å²) in [6.45, 7) is 8.55. The Balaban J connectivity index is 1.72. The van der Waals surface area contributed by atoms with Gasteiger partial charge in [-0.25, -0.2) is 0 Å². The number of hydrogen-bond donors (Lipinski definition) is 0. The lowest BCUT2D eigenvalue weighted by atomic mass is 10.1. The van der Waals surface area contributed by atoms with E-state index in [0.29, 0.717) is 5.92 Å². The monoisotopic (exact) mass is 347 g/mol. The molecule has 0 amide bonds. The van der Waals surface area contributed by atoms with Crippen LogP contribution in [0.4, 0.5) is 11.6 Å². The molecule has 1 aliphatic rings. The van der Waals surface area contributed by atoms with Crippen molar-refractivity contribution in [1.82, 2.24) is 19.7 Å². The number of aromatic nitrogens is 4. The highest BCUT2D eigenvalue weighted by Crippen LogP contribution is 2.35. The van der Waals surface area contributed by atoms with Crippen molar-refractivity contribution in [3.05, 3.63) is 65.2 Å². The van der Waals surface area contributed by atoms with Crippen LogP contribution in [-0.2, 0) is 19.4 Å². The van der Waals surface area contributed by atoms with Crippen molar-refractivity contribution in [2.45, 2.75) is 40.2 Å². The third kappa shape index (κ3) is 3.09. The van der Waals surface area contributed by atoms with Gasteiger partial charge in [0.1, 0.15) is 5.82 Å². The maximum atomic E-state index is 4.60. The van der Waals surface area contributed by atoms with Crippen LogP contribution in [0.5, 0.6) is 0 Å². The predicted octanol–water partition coefficient (Wildman–Crippen LogP) is 3.92. The van der Waals surface area contributed by atoms with Crippen molar-refractivity contribution in [3.63, 3.8) is 0 Å². The van der Waals surface area contributed by atoms with E-state index in [1.165, 1.54) is 22.4 Å². The molecule has 3 aromatic rings. The molecule has 0 unspecified atom stereocenters. The summed E-state index contributed by atoms with van der Waals surface area (Å²) in [6.07, 6.45) is 5.50. The Morgan fingerprint density at radius 3 is 2.65 bits per heavy atom. The number of rotatable bonds is 5. The van der Waals surface area contributed by atoms with Gasteiger partial charge in [-0.15, -0.1) is 10.2 Å². The average molecular weight is 347 g/mol. The SMILES string of the molecule is Cc1cccc2c1CCN2c1nnc(Cc2ccncc2)n1CC(C)C. The largest absolute Gasteiger partial charge is 0.310 e. The van der Waals surface area contributed by atoms with Crippen LogP contribution in [0.2, 0.25) is 0 Å². The van der Waals surface area contributed by atoms with Gasteiger partial charge >= 0.3 is 0 Å². The van der Waals surface area contributed by atoms with Crippen LogP contribution in [-0.4, -0.2) is 26.3 Å². The molecule has 2 aromatic heterocycles. The van der Waals surface area contributed by atoms with Gasteiger partial charge in [-0.1, -0.05) is 26.0 Å². The Morgan fingerprint density at radius 1 is 1.08 bits per heavy atom. The van der Waals surface area contributed by atoms with Gasteiger partial charge in [0, 0.05) is 37.6 Å². The zero-order chi connectivity index (χ0) is 18.1. The molecule has 0 fully saturated rings. The zero-order valence-corrected chi connectivity index (χ0v) is 15.7. The van der Waals surface area contributed by atoms with Gasteiger partial charge in [-0.05, 0) is 54.2 Å². The third-order valence-electron chi connectivity index (χ3n) is 4.97. The second-order valence-corrected chi connectivity index (χ2v) is 7.43. The normalized spacial score (nSPS) is 13.5. The molecule has 5 heteroatoms. The van der Waals surface area contributed by atoms with Crippen LogP contribution in [0.3, 0.4) is 0 Å². The van der Waals surface area contributed by atoms with Crippen molar-refractivity contribution >= 4 is 11.6 Å². The van der Waals surface area contributed by atoms with E-state index in [-0.39, 0.29) is 0 Å². The number of fused-ring (bicyclic) bond motifs is 1. The molecule has 3 heterocycles. The minimum atomic E-state index is 0.528. The highest BCUT2D eigenvalue weighted by atomic mass is 15.4. The van der Waals surface area contributed by atoms with Gasteiger partial charge in [0.15, 0.2) is 0 Å². The second kappa shape index (κ2) is 6.90. The summed E-state index contributed by atoms with van der Waals surface area (Å²) in [5.41, 5.74) is 5.28. The Labute approximate surface area is 154 Å². The van der Waals surface area contributed by atoms with E-state index in [1.54, 1.807) is 0 Å². The van der Waals surface area contributed by atoms with Crippen molar-refractivity contribution < 1.29 is 0 Å². The summed E-state index contributed by atoms with van der Waals surface area (Å²) < 4.78 is 2.29. The zero-order valence-electron chi connectivity index (χ0n) is 15.7. The molecule has 0 saturated carbocycles. The quantitative estimate of drug-likeness (QED) is 0.702. The lowest BCUT2D eigenvalue weighted by Gasteiger charge is -2.21. The first-order valence-corrected chi connectivity index (χ1v) is 9.30. The summed E-state index contributed by atoms with van der Waals surface area (Å²) in [7, 11) is 0. The van der Waals surface area contributed by atoms with Crippen molar-refractivity contribution in [1.29, 1.82) is 0 Å². The van der Waals surface area contributed by atoms with Crippen LogP contribution < -0.4 is 4.90 Å². The molecule has 0 saturated heterocycles. The number of pyridine rings is 1. The highest BCUT2D eigenvalue weighted by molar-refractivity contribution is 5.67. The average Bonchev–Trinajstić information content (AvgIpc) is 3.21. The van der Waals surface area contributed by atoms with Gasteiger partial charge in [0.2, 0.25) is 5.95 Å². The minimum Gasteiger partial charge on any atom is -0.310 e. The van der Waals surface area contributed by atoms with E-state index in [2.05, 4.69) is 63.6 Å². The van der Waals surface area contributed by atoms with E-state index in [9.17, 15) is 0 Å². The Bertz CT molecular complexity index is 898. The van der Waals surface area contributed by atoms with Gasteiger partial charge in [-0.3, -0.25) is 9.55 Å². The van der Waals surface area contributed by atoms with Gasteiger partial charge in [-0.2, -0.15) is 0 Å². The summed E-state index contributed by atoms with van der Waals surface area (Å²) >= 11 is 0. The lowest BCUT2D eigenvalue weighted by molar-refractivity contribution is 0.509. The van der Waals surface area contributed by atoms with Crippen LogP contribution in [0, 0.1) is 12.8 Å². The van der Waals surface area contributed by atoms with Crippen molar-refractivity contribution in [2.24, 2.45) is 5.92 Å². The molecule has 1 aliphatic heterocycles. The first-order chi connectivity index (χ1) is 12.6. The van der Waals surface area contributed by atoms with Crippen molar-refractivity contribution in [2.75, 3.05) is 11.4 Å². The number of nitrogens with zero attached hydrogens (tertiary/aromatic N) is 5. The molecule has 0 bridgehead atoms. The van der Waals surface area contributed by atoms with Gasteiger partial charge in [0.25, 0.3) is 0 Å². The Kier molecular flexibility index (Phi) is 4.45. The van der Waals surface area contributed by atoms with Gasteiger partial charge < -0.3 is 4.90 Å². The number of hydrogen-bond acceptors (Lipinski definition) is 4. The predicted molar refractivity (Wildman–Crippen MR) is 104 cm³/mol. The number of aryl methyl sites for hydroxylation is 1. The Morgan fingerprint density at radius 2 is 1.88 bits per heavy atom. The summed E-state index contributed by atoms with van der Waals surface area (Å²) in [6, 6.07) is 10.6. The Hall–Kier alpha value is -2.69. The van der Waals surface area contributed by atoms with Crippen LogP contribution in [0.15, 0.2) is 42.7 Å². The lowest BCUT2D eigenvalue weighted by Crippen LogP contribution is -2.21. The molecule has 0 aliphatic carbocycles. The highest BCUT2D eigenvalue weighted by Gasteiger charge is 2.27. The standard InChI is InChI=1S/C21H25N5/c1-15(2)14-26-20(13-17-7-10-22-11-8-17)23-24-21(26)25-12-9-18-16(3)5-4-6-19(18)25/h4-8,10-11,15H,9,12-14H2,1-3H3. The first-order valence-electron chi connectivity index (χ1n) is 9.30. The first kappa shape index (κ1) is 16.8. The van der Waals surface area contributed by atoms with E-state index in [4.69, 9.17) is 0 Å². The molecule has 4 rings (SSSR count). The molecule has 5 nitrogen and oxygen atoms in total. The molecule has 0 radical (unpaired) electrons. The van der Waals surface area contributed by atoms with Crippen LogP contribution >= 0.6 is 0 Å². The summed E-state index contributed by atoms with van der Waals surface area (Å²) in [5.74, 6) is 2.51. The summed E-state index contributed by atoms with van der Waals surface area (Å²) in [5, 5.41) is 9.15. The maximum absolute atomic E-state index is 4.60. The molecule has 0 atom stereocenters. The van der Waals surface area contributed by atoms with E-state index in [1.807, 2.05) is 24.5 Å².